The molecule has 2 heterocycles. The first-order valence-electron chi connectivity index (χ1n) is 9.35. The molecule has 0 radical (unpaired) electrons. The summed E-state index contributed by atoms with van der Waals surface area (Å²) in [5.41, 5.74) is 0.591. The molecule has 0 spiro atoms. The summed E-state index contributed by atoms with van der Waals surface area (Å²) in [5, 5.41) is 12.1. The molecule has 1 amide bonds. The van der Waals surface area contributed by atoms with Crippen molar-refractivity contribution in [1.82, 2.24) is 10.3 Å². The van der Waals surface area contributed by atoms with Gasteiger partial charge in [-0.05, 0) is 43.7 Å². The van der Waals surface area contributed by atoms with Crippen molar-refractivity contribution in [3.8, 4) is 0 Å². The number of hydrogen-bond acceptors (Lipinski definition) is 4. The van der Waals surface area contributed by atoms with E-state index in [0.717, 1.165) is 38.0 Å². The molecule has 6 nitrogen and oxygen atoms in total. The standard InChI is InChI=1S/C19H27N3O3/c23-18(24)11-14-5-4-10-22(13-14)17-9-8-15(12-20-17)19(25)21-16-6-2-1-3-7-16/h8-9,12,14,16H,1-7,10-11,13H2,(H,21,25)(H,23,24). The second-order valence-electron chi connectivity index (χ2n) is 7.27. The lowest BCUT2D eigenvalue weighted by Gasteiger charge is -2.33. The van der Waals surface area contributed by atoms with Crippen LogP contribution in [0.15, 0.2) is 18.3 Å². The van der Waals surface area contributed by atoms with Gasteiger partial charge in [0.1, 0.15) is 5.82 Å². The van der Waals surface area contributed by atoms with E-state index in [2.05, 4.69) is 15.2 Å². The summed E-state index contributed by atoms with van der Waals surface area (Å²) in [4.78, 5) is 29.8. The van der Waals surface area contributed by atoms with Gasteiger partial charge in [-0.15, -0.1) is 0 Å². The number of rotatable bonds is 5. The number of carbonyl (C=O) groups is 2. The van der Waals surface area contributed by atoms with Gasteiger partial charge >= 0.3 is 5.97 Å². The van der Waals surface area contributed by atoms with Crippen molar-refractivity contribution >= 4 is 17.7 Å². The average Bonchev–Trinajstić information content (AvgIpc) is 2.62. The number of aliphatic carboxylic acids is 1. The van der Waals surface area contributed by atoms with Crippen LogP contribution in [-0.2, 0) is 4.79 Å². The topological polar surface area (TPSA) is 82.5 Å². The Morgan fingerprint density at radius 1 is 1.16 bits per heavy atom. The number of nitrogens with zero attached hydrogens (tertiary/aromatic N) is 2. The Hall–Kier alpha value is -2.11. The Bertz CT molecular complexity index is 596. The van der Waals surface area contributed by atoms with E-state index in [0.29, 0.717) is 18.2 Å². The Balaban J connectivity index is 1.57. The van der Waals surface area contributed by atoms with Crippen LogP contribution in [0.25, 0.3) is 0 Å². The molecule has 136 valence electrons. The highest BCUT2D eigenvalue weighted by molar-refractivity contribution is 5.94. The molecule has 1 aliphatic heterocycles. The van der Waals surface area contributed by atoms with Crippen LogP contribution in [-0.4, -0.2) is 41.1 Å². The van der Waals surface area contributed by atoms with Crippen LogP contribution in [0.1, 0.15) is 61.7 Å². The number of amides is 1. The van der Waals surface area contributed by atoms with Gasteiger partial charge in [0.25, 0.3) is 5.91 Å². The van der Waals surface area contributed by atoms with Gasteiger partial charge in [-0.2, -0.15) is 0 Å². The van der Waals surface area contributed by atoms with Gasteiger partial charge in [-0.25, -0.2) is 4.98 Å². The fourth-order valence-electron chi connectivity index (χ4n) is 3.91. The van der Waals surface area contributed by atoms with Crippen molar-refractivity contribution in [3.63, 3.8) is 0 Å². The lowest BCUT2D eigenvalue weighted by molar-refractivity contribution is -0.138. The summed E-state index contributed by atoms with van der Waals surface area (Å²) in [6, 6.07) is 3.99. The van der Waals surface area contributed by atoms with Crippen LogP contribution < -0.4 is 10.2 Å². The molecule has 1 aliphatic carbocycles. The fourth-order valence-corrected chi connectivity index (χ4v) is 3.91. The SMILES string of the molecule is O=C(O)CC1CCCN(c2ccc(C(=O)NC3CCCCC3)cn2)C1. The molecule has 1 saturated heterocycles. The quantitative estimate of drug-likeness (QED) is 0.857. The molecule has 3 rings (SSSR count). The highest BCUT2D eigenvalue weighted by Crippen LogP contribution is 2.24. The molecule has 1 unspecified atom stereocenters. The molecule has 2 aliphatic rings. The molecule has 6 heteroatoms. The molecule has 0 aromatic carbocycles. The minimum absolute atomic E-state index is 0.0478. The Morgan fingerprint density at radius 3 is 2.64 bits per heavy atom. The van der Waals surface area contributed by atoms with Crippen LogP contribution in [0, 0.1) is 5.92 Å². The predicted molar refractivity (Wildman–Crippen MR) is 95.8 cm³/mol. The average molecular weight is 345 g/mol. The summed E-state index contributed by atoms with van der Waals surface area (Å²) in [5.74, 6) is 0.203. The first-order valence-corrected chi connectivity index (χ1v) is 9.35. The summed E-state index contributed by atoms with van der Waals surface area (Å²) >= 11 is 0. The zero-order valence-corrected chi connectivity index (χ0v) is 14.6. The molecule has 2 fully saturated rings. The second-order valence-corrected chi connectivity index (χ2v) is 7.27. The van der Waals surface area contributed by atoms with Crippen LogP contribution >= 0.6 is 0 Å². The van der Waals surface area contributed by atoms with Gasteiger partial charge in [0.2, 0.25) is 0 Å². The molecule has 2 N–H and O–H groups in total. The number of carbonyl (C=O) groups excluding carboxylic acids is 1. The summed E-state index contributed by atoms with van der Waals surface area (Å²) in [6.45, 7) is 1.60. The van der Waals surface area contributed by atoms with Crippen molar-refractivity contribution in [2.45, 2.75) is 57.4 Å². The van der Waals surface area contributed by atoms with Gasteiger partial charge in [-0.3, -0.25) is 9.59 Å². The van der Waals surface area contributed by atoms with E-state index < -0.39 is 5.97 Å². The monoisotopic (exact) mass is 345 g/mol. The third-order valence-electron chi connectivity index (χ3n) is 5.26. The van der Waals surface area contributed by atoms with Gasteiger partial charge < -0.3 is 15.3 Å². The number of carboxylic acids is 1. The maximum absolute atomic E-state index is 12.3. The molecule has 25 heavy (non-hydrogen) atoms. The summed E-state index contributed by atoms with van der Waals surface area (Å²) in [7, 11) is 0. The van der Waals surface area contributed by atoms with Crippen LogP contribution in [0.3, 0.4) is 0 Å². The van der Waals surface area contributed by atoms with Crippen molar-refractivity contribution in [2.75, 3.05) is 18.0 Å². The molecule has 1 atom stereocenters. The lowest BCUT2D eigenvalue weighted by atomic mass is 9.95. The van der Waals surface area contributed by atoms with Gasteiger partial charge in [0.05, 0.1) is 5.56 Å². The van der Waals surface area contributed by atoms with Crippen LogP contribution in [0.4, 0.5) is 5.82 Å². The highest BCUT2D eigenvalue weighted by atomic mass is 16.4. The zero-order chi connectivity index (χ0) is 17.6. The lowest BCUT2D eigenvalue weighted by Crippen LogP contribution is -2.37. The smallest absolute Gasteiger partial charge is 0.303 e. The molecular formula is C19H27N3O3. The van der Waals surface area contributed by atoms with Crippen molar-refractivity contribution in [1.29, 1.82) is 0 Å². The van der Waals surface area contributed by atoms with E-state index in [1.807, 2.05) is 12.1 Å². The summed E-state index contributed by atoms with van der Waals surface area (Å²) < 4.78 is 0. The normalized spacial score (nSPS) is 21.8. The maximum Gasteiger partial charge on any atom is 0.303 e. The van der Waals surface area contributed by atoms with E-state index in [4.69, 9.17) is 5.11 Å². The van der Waals surface area contributed by atoms with E-state index >= 15 is 0 Å². The Labute approximate surface area is 148 Å². The van der Waals surface area contributed by atoms with Gasteiger partial charge in [0.15, 0.2) is 0 Å². The molecule has 1 aromatic rings. The van der Waals surface area contributed by atoms with Crippen molar-refractivity contribution in [3.05, 3.63) is 23.9 Å². The minimum Gasteiger partial charge on any atom is -0.481 e. The maximum atomic E-state index is 12.3. The largest absolute Gasteiger partial charge is 0.481 e. The van der Waals surface area contributed by atoms with Crippen LogP contribution in [0.5, 0.6) is 0 Å². The highest BCUT2D eigenvalue weighted by Gasteiger charge is 2.23. The van der Waals surface area contributed by atoms with Gasteiger partial charge in [-0.1, -0.05) is 19.3 Å². The van der Waals surface area contributed by atoms with E-state index in [9.17, 15) is 9.59 Å². The first-order chi connectivity index (χ1) is 12.1. The minimum atomic E-state index is -0.741. The fraction of sp³-hybridized carbons (Fsp3) is 0.632. The molecule has 0 bridgehead atoms. The second kappa shape index (κ2) is 8.32. The number of aromatic nitrogens is 1. The Kier molecular flexibility index (Phi) is 5.89. The predicted octanol–water partition coefficient (Wildman–Crippen LogP) is 2.84. The van der Waals surface area contributed by atoms with Gasteiger partial charge in [0, 0.05) is 31.7 Å². The number of piperidine rings is 1. The number of anilines is 1. The number of nitrogens with one attached hydrogen (secondary N) is 1. The molecule has 1 aromatic heterocycles. The number of hydrogen-bond donors (Lipinski definition) is 2. The third-order valence-corrected chi connectivity index (χ3v) is 5.26. The van der Waals surface area contributed by atoms with Crippen LogP contribution in [0.2, 0.25) is 0 Å². The molecule has 1 saturated carbocycles. The first kappa shape index (κ1) is 17.7. The number of carboxylic acid groups (broad SMARTS) is 1. The van der Waals surface area contributed by atoms with Crippen molar-refractivity contribution in [2.24, 2.45) is 5.92 Å². The number of pyridine rings is 1. The van der Waals surface area contributed by atoms with E-state index in [-0.39, 0.29) is 18.2 Å². The van der Waals surface area contributed by atoms with Crippen molar-refractivity contribution < 1.29 is 14.7 Å². The van der Waals surface area contributed by atoms with E-state index in [1.165, 1.54) is 19.3 Å². The molecular weight excluding hydrogens is 318 g/mol. The zero-order valence-electron chi connectivity index (χ0n) is 14.6. The third kappa shape index (κ3) is 4.94. The summed E-state index contributed by atoms with van der Waals surface area (Å²) in [6.07, 6.45) is 9.54. The Morgan fingerprint density at radius 2 is 1.96 bits per heavy atom. The van der Waals surface area contributed by atoms with E-state index in [1.54, 1.807) is 6.20 Å².